The molecule has 1 heterocycles. The van der Waals surface area contributed by atoms with Crippen molar-refractivity contribution in [2.24, 2.45) is 0 Å². The van der Waals surface area contributed by atoms with Gasteiger partial charge in [0.1, 0.15) is 16.5 Å². The van der Waals surface area contributed by atoms with Gasteiger partial charge in [0.25, 0.3) is 5.91 Å². The van der Waals surface area contributed by atoms with Gasteiger partial charge >= 0.3 is 11.9 Å². The third kappa shape index (κ3) is 7.29. The minimum absolute atomic E-state index is 0.120. The van der Waals surface area contributed by atoms with Crippen LogP contribution in [0.3, 0.4) is 0 Å². The fraction of sp³-hybridized carbons (Fsp3) is 0.409. The Morgan fingerprint density at radius 3 is 2.35 bits per heavy atom. The summed E-state index contributed by atoms with van der Waals surface area (Å²) >= 11 is 1.28. The average Bonchev–Trinajstić information content (AvgIpc) is 3.03. The van der Waals surface area contributed by atoms with Crippen molar-refractivity contribution < 1.29 is 33.3 Å². The summed E-state index contributed by atoms with van der Waals surface area (Å²) in [6.07, 6.45) is 0.567. The van der Waals surface area contributed by atoms with Gasteiger partial charge in [-0.3, -0.25) is 9.59 Å². The number of carbonyl (C=O) groups excluding carboxylic acids is 3. The second-order valence-electron chi connectivity index (χ2n) is 6.54. The predicted molar refractivity (Wildman–Crippen MR) is 117 cm³/mol. The van der Waals surface area contributed by atoms with E-state index in [1.165, 1.54) is 11.3 Å². The predicted octanol–water partition coefficient (Wildman–Crippen LogP) is 3.89. The molecule has 2 rings (SSSR count). The van der Waals surface area contributed by atoms with Gasteiger partial charge in [-0.1, -0.05) is 0 Å². The molecule has 1 N–H and O–H groups in total. The highest BCUT2D eigenvalue weighted by Crippen LogP contribution is 2.33. The van der Waals surface area contributed by atoms with E-state index in [0.717, 1.165) is 16.2 Å². The highest BCUT2D eigenvalue weighted by atomic mass is 32.1. The topological polar surface area (TPSA) is 100 Å². The molecule has 0 aliphatic carbocycles. The Morgan fingerprint density at radius 2 is 1.71 bits per heavy atom. The molecule has 8 nitrogen and oxygen atoms in total. The van der Waals surface area contributed by atoms with Crippen molar-refractivity contribution in [2.45, 2.75) is 33.6 Å². The number of amides is 1. The van der Waals surface area contributed by atoms with Gasteiger partial charge in [-0.15, -0.1) is 11.3 Å². The fourth-order valence-corrected chi connectivity index (χ4v) is 3.69. The molecule has 0 aliphatic heterocycles. The van der Waals surface area contributed by atoms with Crippen LogP contribution >= 0.6 is 11.3 Å². The number of anilines is 1. The number of ether oxygens (including phenoxy) is 4. The summed E-state index contributed by atoms with van der Waals surface area (Å²) in [5.74, 6) is -0.107. The van der Waals surface area contributed by atoms with Gasteiger partial charge in [-0.25, -0.2) is 4.79 Å². The summed E-state index contributed by atoms with van der Waals surface area (Å²) < 4.78 is 20.7. The molecule has 0 bridgehead atoms. The Balaban J connectivity index is 1.74. The highest BCUT2D eigenvalue weighted by molar-refractivity contribution is 7.16. The maximum Gasteiger partial charge on any atom is 0.341 e. The Hall–Kier alpha value is -3.07. The molecule has 0 atom stereocenters. The Morgan fingerprint density at radius 1 is 1.03 bits per heavy atom. The Labute approximate surface area is 185 Å². The van der Waals surface area contributed by atoms with Crippen molar-refractivity contribution >= 4 is 34.2 Å². The Bertz CT molecular complexity index is 905. The number of hydrogen-bond acceptors (Lipinski definition) is 8. The number of benzene rings is 1. The molecular weight excluding hydrogens is 422 g/mol. The molecule has 168 valence electrons. The second-order valence-corrected chi connectivity index (χ2v) is 7.77. The van der Waals surface area contributed by atoms with Gasteiger partial charge < -0.3 is 24.3 Å². The van der Waals surface area contributed by atoms with Crippen LogP contribution in [0.25, 0.3) is 0 Å². The first kappa shape index (κ1) is 24.2. The van der Waals surface area contributed by atoms with Crippen molar-refractivity contribution in [3.05, 3.63) is 40.3 Å². The smallest absolute Gasteiger partial charge is 0.341 e. The minimum Gasteiger partial charge on any atom is -0.497 e. The first-order chi connectivity index (χ1) is 14.8. The summed E-state index contributed by atoms with van der Waals surface area (Å²) in [6.45, 7) is 5.50. The van der Waals surface area contributed by atoms with Crippen LogP contribution in [0.5, 0.6) is 11.5 Å². The van der Waals surface area contributed by atoms with Crippen LogP contribution in [-0.4, -0.2) is 44.8 Å². The zero-order valence-corrected chi connectivity index (χ0v) is 18.9. The van der Waals surface area contributed by atoms with E-state index in [1.807, 2.05) is 6.92 Å². The molecule has 0 unspecified atom stereocenters. The van der Waals surface area contributed by atoms with E-state index in [9.17, 15) is 14.4 Å². The van der Waals surface area contributed by atoms with Gasteiger partial charge in [0.2, 0.25) is 0 Å². The largest absolute Gasteiger partial charge is 0.497 e. The molecule has 0 saturated carbocycles. The van der Waals surface area contributed by atoms with E-state index >= 15 is 0 Å². The fourth-order valence-electron chi connectivity index (χ4n) is 2.62. The van der Waals surface area contributed by atoms with Crippen molar-refractivity contribution in [3.63, 3.8) is 0 Å². The summed E-state index contributed by atoms with van der Waals surface area (Å²) in [6, 6.07) is 7.12. The van der Waals surface area contributed by atoms with Gasteiger partial charge in [0, 0.05) is 11.3 Å². The van der Waals surface area contributed by atoms with E-state index in [2.05, 4.69) is 5.32 Å². The molecule has 0 radical (unpaired) electrons. The number of thiophene rings is 1. The molecule has 0 aliphatic rings. The van der Waals surface area contributed by atoms with Crippen LogP contribution in [-0.2, 0) is 19.1 Å². The highest BCUT2D eigenvalue weighted by Gasteiger charge is 2.22. The van der Waals surface area contributed by atoms with Crippen LogP contribution in [0.1, 0.15) is 40.6 Å². The molecule has 31 heavy (non-hydrogen) atoms. The lowest BCUT2D eigenvalue weighted by atomic mass is 10.1. The maximum atomic E-state index is 12.2. The molecule has 9 heteroatoms. The normalized spacial score (nSPS) is 10.3. The maximum absolute atomic E-state index is 12.2. The second kappa shape index (κ2) is 11.9. The summed E-state index contributed by atoms with van der Waals surface area (Å²) in [5, 5.41) is 3.02. The first-order valence-corrected chi connectivity index (χ1v) is 10.7. The summed E-state index contributed by atoms with van der Waals surface area (Å²) in [7, 11) is 1.59. The number of aryl methyl sites for hydroxylation is 1. The number of rotatable bonds is 11. The van der Waals surface area contributed by atoms with E-state index in [1.54, 1.807) is 45.2 Å². The molecule has 0 saturated heterocycles. The van der Waals surface area contributed by atoms with Crippen molar-refractivity contribution in [3.8, 4) is 11.5 Å². The third-order valence-corrected chi connectivity index (χ3v) is 5.46. The molecule has 1 aromatic carbocycles. The molecule has 2 aromatic rings. The number of esters is 2. The van der Waals surface area contributed by atoms with Crippen molar-refractivity contribution in [1.29, 1.82) is 0 Å². The van der Waals surface area contributed by atoms with Crippen molar-refractivity contribution in [1.82, 2.24) is 0 Å². The van der Waals surface area contributed by atoms with E-state index in [4.69, 9.17) is 18.9 Å². The molecular formula is C22H27NO7S. The molecule has 1 aromatic heterocycles. The van der Waals surface area contributed by atoms with Gasteiger partial charge in [0.05, 0.1) is 25.9 Å². The quantitative estimate of drug-likeness (QED) is 0.410. The molecule has 1 amide bonds. The summed E-state index contributed by atoms with van der Waals surface area (Å²) in [4.78, 5) is 37.1. The number of nitrogens with one attached hydrogen (secondary N) is 1. The zero-order chi connectivity index (χ0) is 22.8. The van der Waals surface area contributed by atoms with Crippen LogP contribution in [0.4, 0.5) is 5.00 Å². The number of carbonyl (C=O) groups is 3. The zero-order valence-electron chi connectivity index (χ0n) is 18.1. The lowest BCUT2D eigenvalue weighted by Gasteiger charge is -2.09. The van der Waals surface area contributed by atoms with Crippen LogP contribution in [0, 0.1) is 13.8 Å². The standard InChI is InChI=1S/C22H27NO7S/c1-5-28-22(26)20-14(2)15(3)31-21(20)23-18(24)13-30-19(25)7-6-12-29-17-10-8-16(27-4)9-11-17/h8-11H,5-7,12-13H2,1-4H3,(H,23,24). The average molecular weight is 450 g/mol. The van der Waals surface area contributed by atoms with E-state index in [0.29, 0.717) is 29.3 Å². The first-order valence-electron chi connectivity index (χ1n) is 9.85. The lowest BCUT2D eigenvalue weighted by Crippen LogP contribution is -2.22. The van der Waals surface area contributed by atoms with Crippen LogP contribution < -0.4 is 14.8 Å². The van der Waals surface area contributed by atoms with Gasteiger partial charge in [-0.2, -0.15) is 0 Å². The molecule has 0 fully saturated rings. The van der Waals surface area contributed by atoms with E-state index < -0.39 is 24.5 Å². The van der Waals surface area contributed by atoms with Gasteiger partial charge in [0.15, 0.2) is 6.61 Å². The number of hydrogen-bond donors (Lipinski definition) is 1. The van der Waals surface area contributed by atoms with Crippen LogP contribution in [0.15, 0.2) is 24.3 Å². The summed E-state index contributed by atoms with van der Waals surface area (Å²) in [5.41, 5.74) is 1.09. The Kier molecular flexibility index (Phi) is 9.33. The third-order valence-electron chi connectivity index (χ3n) is 4.34. The lowest BCUT2D eigenvalue weighted by molar-refractivity contribution is -0.147. The monoisotopic (exact) mass is 449 g/mol. The molecule has 0 spiro atoms. The van der Waals surface area contributed by atoms with Crippen LogP contribution in [0.2, 0.25) is 0 Å². The van der Waals surface area contributed by atoms with E-state index in [-0.39, 0.29) is 13.0 Å². The van der Waals surface area contributed by atoms with Crippen molar-refractivity contribution in [2.75, 3.05) is 32.2 Å². The van der Waals surface area contributed by atoms with Gasteiger partial charge in [-0.05, 0) is 57.0 Å². The minimum atomic E-state index is -0.519. The SMILES string of the molecule is CCOC(=O)c1c(NC(=O)COC(=O)CCCOc2ccc(OC)cc2)sc(C)c1C. The number of methoxy groups -OCH3 is 1.